The number of hydrogen-bond acceptors (Lipinski definition) is 3. The molecule has 2 rings (SSSR count). The van der Waals surface area contributed by atoms with E-state index in [0.717, 1.165) is 12.2 Å². The molecule has 0 aliphatic heterocycles. The maximum atomic E-state index is 11.6. The van der Waals surface area contributed by atoms with Gasteiger partial charge in [0.15, 0.2) is 0 Å². The Labute approximate surface area is 128 Å². The first-order valence-corrected chi connectivity index (χ1v) is 6.96. The number of urea groups is 1. The number of halogens is 1. The Balaban J connectivity index is 1.60. The van der Waals surface area contributed by atoms with Crippen molar-refractivity contribution < 1.29 is 9.53 Å². The largest absolute Gasteiger partial charge is 0.494 e. The number of carbonyl (C=O) groups excluding carboxylic acids is 1. The molecule has 0 bridgehead atoms. The summed E-state index contributed by atoms with van der Waals surface area (Å²) in [5.41, 5.74) is 0. The number of hydrogen-bond donors (Lipinski definition) is 2. The van der Waals surface area contributed by atoms with Crippen molar-refractivity contribution in [3.63, 3.8) is 0 Å². The van der Waals surface area contributed by atoms with Crippen molar-refractivity contribution >= 4 is 23.4 Å². The number of aromatic nitrogens is 1. The minimum atomic E-state index is -0.301. The highest BCUT2D eigenvalue weighted by Crippen LogP contribution is 2.09. The van der Waals surface area contributed by atoms with Gasteiger partial charge in [-0.25, -0.2) is 9.78 Å². The van der Waals surface area contributed by atoms with Crippen LogP contribution in [0.4, 0.5) is 10.6 Å². The van der Waals surface area contributed by atoms with Gasteiger partial charge in [0.2, 0.25) is 0 Å². The van der Waals surface area contributed by atoms with Gasteiger partial charge in [0.25, 0.3) is 0 Å². The van der Waals surface area contributed by atoms with E-state index in [1.54, 1.807) is 12.1 Å². The summed E-state index contributed by atoms with van der Waals surface area (Å²) in [4.78, 5) is 15.6. The number of amides is 2. The SMILES string of the molecule is O=C(NCCCOc1ccccc1)Nc1ccc(Cl)cn1. The average Bonchev–Trinajstić information content (AvgIpc) is 2.50. The van der Waals surface area contributed by atoms with Crippen molar-refractivity contribution in [2.45, 2.75) is 6.42 Å². The highest BCUT2D eigenvalue weighted by atomic mass is 35.5. The number of nitrogens with zero attached hydrogens (tertiary/aromatic N) is 1. The highest BCUT2D eigenvalue weighted by Gasteiger charge is 2.01. The van der Waals surface area contributed by atoms with Gasteiger partial charge in [0.1, 0.15) is 11.6 Å². The summed E-state index contributed by atoms with van der Waals surface area (Å²) in [7, 11) is 0. The van der Waals surface area contributed by atoms with Crippen molar-refractivity contribution in [1.82, 2.24) is 10.3 Å². The first kappa shape index (κ1) is 15.1. The third-order valence-electron chi connectivity index (χ3n) is 2.59. The van der Waals surface area contributed by atoms with Gasteiger partial charge in [-0.05, 0) is 30.7 Å². The van der Waals surface area contributed by atoms with E-state index >= 15 is 0 Å². The van der Waals surface area contributed by atoms with E-state index in [4.69, 9.17) is 16.3 Å². The lowest BCUT2D eigenvalue weighted by atomic mass is 10.3. The highest BCUT2D eigenvalue weighted by molar-refractivity contribution is 6.30. The van der Waals surface area contributed by atoms with Crippen LogP contribution in [0.15, 0.2) is 48.7 Å². The van der Waals surface area contributed by atoms with Gasteiger partial charge in [-0.15, -0.1) is 0 Å². The molecule has 0 radical (unpaired) electrons. The Morgan fingerprint density at radius 3 is 2.71 bits per heavy atom. The van der Waals surface area contributed by atoms with Crippen LogP contribution in [0.25, 0.3) is 0 Å². The fraction of sp³-hybridized carbons (Fsp3) is 0.200. The lowest BCUT2D eigenvalue weighted by molar-refractivity contribution is 0.250. The molecule has 6 heteroatoms. The second kappa shape index (κ2) is 8.11. The molecule has 0 aliphatic rings. The molecule has 0 aliphatic carbocycles. The third kappa shape index (κ3) is 5.71. The molecular weight excluding hydrogens is 290 g/mol. The van der Waals surface area contributed by atoms with E-state index in [-0.39, 0.29) is 6.03 Å². The zero-order valence-corrected chi connectivity index (χ0v) is 12.1. The Hall–Kier alpha value is -2.27. The molecule has 1 aromatic heterocycles. The van der Waals surface area contributed by atoms with Crippen molar-refractivity contribution in [3.8, 4) is 5.75 Å². The standard InChI is InChI=1S/C15H16ClN3O2/c16-12-7-8-14(18-11-12)19-15(20)17-9-4-10-21-13-5-2-1-3-6-13/h1-3,5-8,11H,4,9-10H2,(H2,17,18,19,20). The molecular formula is C15H16ClN3O2. The second-order valence-electron chi connectivity index (χ2n) is 4.26. The van der Waals surface area contributed by atoms with Crippen LogP contribution in [0.3, 0.4) is 0 Å². The molecule has 2 N–H and O–H groups in total. The van der Waals surface area contributed by atoms with E-state index in [9.17, 15) is 4.79 Å². The number of pyridine rings is 1. The zero-order chi connectivity index (χ0) is 14.9. The van der Waals surface area contributed by atoms with Crippen LogP contribution < -0.4 is 15.4 Å². The summed E-state index contributed by atoms with van der Waals surface area (Å²) in [5.74, 6) is 1.28. The summed E-state index contributed by atoms with van der Waals surface area (Å²) in [6.45, 7) is 1.07. The predicted molar refractivity (Wildman–Crippen MR) is 82.8 cm³/mol. The summed E-state index contributed by atoms with van der Waals surface area (Å²) in [5, 5.41) is 5.87. The maximum absolute atomic E-state index is 11.6. The Kier molecular flexibility index (Phi) is 5.84. The first-order valence-electron chi connectivity index (χ1n) is 6.58. The Morgan fingerprint density at radius 2 is 2.00 bits per heavy atom. The molecule has 0 fully saturated rings. The lowest BCUT2D eigenvalue weighted by Gasteiger charge is -2.08. The van der Waals surface area contributed by atoms with E-state index in [0.29, 0.717) is 24.0 Å². The van der Waals surface area contributed by atoms with Crippen LogP contribution in [0.5, 0.6) is 5.75 Å². The number of nitrogens with one attached hydrogen (secondary N) is 2. The summed E-state index contributed by atoms with van der Waals surface area (Å²) in [6.07, 6.45) is 2.20. The van der Waals surface area contributed by atoms with Gasteiger partial charge >= 0.3 is 6.03 Å². The van der Waals surface area contributed by atoms with Crippen LogP contribution in [-0.4, -0.2) is 24.2 Å². The van der Waals surface area contributed by atoms with Crippen LogP contribution in [0.2, 0.25) is 5.02 Å². The topological polar surface area (TPSA) is 63.2 Å². The average molecular weight is 306 g/mol. The summed E-state index contributed by atoms with van der Waals surface area (Å²) < 4.78 is 5.52. The fourth-order valence-electron chi connectivity index (χ4n) is 1.59. The molecule has 5 nitrogen and oxygen atoms in total. The molecule has 0 saturated heterocycles. The minimum absolute atomic E-state index is 0.301. The fourth-order valence-corrected chi connectivity index (χ4v) is 1.70. The quantitative estimate of drug-likeness (QED) is 0.805. The molecule has 1 heterocycles. The second-order valence-corrected chi connectivity index (χ2v) is 4.69. The molecule has 110 valence electrons. The first-order chi connectivity index (χ1) is 10.2. The van der Waals surface area contributed by atoms with Gasteiger partial charge in [-0.3, -0.25) is 5.32 Å². The van der Waals surface area contributed by atoms with Gasteiger partial charge in [0.05, 0.1) is 11.6 Å². The van der Waals surface area contributed by atoms with Crippen LogP contribution in [0, 0.1) is 0 Å². The van der Waals surface area contributed by atoms with Crippen molar-refractivity contribution in [1.29, 1.82) is 0 Å². The van der Waals surface area contributed by atoms with Crippen LogP contribution >= 0.6 is 11.6 Å². The third-order valence-corrected chi connectivity index (χ3v) is 2.81. The van der Waals surface area contributed by atoms with E-state index in [2.05, 4.69) is 15.6 Å². The zero-order valence-electron chi connectivity index (χ0n) is 11.4. The molecule has 2 amide bonds. The molecule has 1 aromatic carbocycles. The van der Waals surface area contributed by atoms with E-state index in [1.807, 2.05) is 30.3 Å². The van der Waals surface area contributed by atoms with Gasteiger partial charge in [0, 0.05) is 12.7 Å². The lowest BCUT2D eigenvalue weighted by Crippen LogP contribution is -2.30. The van der Waals surface area contributed by atoms with Crippen molar-refractivity contribution in [2.24, 2.45) is 0 Å². The van der Waals surface area contributed by atoms with Crippen LogP contribution in [-0.2, 0) is 0 Å². The molecule has 21 heavy (non-hydrogen) atoms. The normalized spacial score (nSPS) is 9.95. The smallest absolute Gasteiger partial charge is 0.320 e. The predicted octanol–water partition coefficient (Wildman–Crippen LogP) is 3.33. The summed E-state index contributed by atoms with van der Waals surface area (Å²) >= 11 is 5.71. The molecule has 0 spiro atoms. The van der Waals surface area contributed by atoms with Gasteiger partial charge in [-0.2, -0.15) is 0 Å². The Bertz CT molecular complexity index is 561. The Morgan fingerprint density at radius 1 is 1.19 bits per heavy atom. The molecule has 0 atom stereocenters. The van der Waals surface area contributed by atoms with Crippen molar-refractivity contribution in [3.05, 3.63) is 53.7 Å². The van der Waals surface area contributed by atoms with E-state index < -0.39 is 0 Å². The number of anilines is 1. The van der Waals surface area contributed by atoms with E-state index in [1.165, 1.54) is 6.20 Å². The number of ether oxygens (including phenoxy) is 1. The van der Waals surface area contributed by atoms with Crippen molar-refractivity contribution in [2.75, 3.05) is 18.5 Å². The monoisotopic (exact) mass is 305 g/mol. The number of para-hydroxylation sites is 1. The summed E-state index contributed by atoms with van der Waals surface area (Å²) in [6, 6.07) is 12.6. The molecule has 0 saturated carbocycles. The molecule has 2 aromatic rings. The van der Waals surface area contributed by atoms with Gasteiger partial charge in [-0.1, -0.05) is 29.8 Å². The minimum Gasteiger partial charge on any atom is -0.494 e. The number of carbonyl (C=O) groups is 1. The number of rotatable bonds is 6. The molecule has 0 unspecified atom stereocenters. The maximum Gasteiger partial charge on any atom is 0.320 e. The number of benzene rings is 1. The van der Waals surface area contributed by atoms with Gasteiger partial charge < -0.3 is 10.1 Å². The van der Waals surface area contributed by atoms with Crippen LogP contribution in [0.1, 0.15) is 6.42 Å².